The number of rotatable bonds is 4. The highest BCUT2D eigenvalue weighted by molar-refractivity contribution is 6.38. The molecule has 0 spiro atoms. The van der Waals surface area contributed by atoms with Gasteiger partial charge in [0.2, 0.25) is 0 Å². The molecule has 27 heavy (non-hydrogen) atoms. The van der Waals surface area contributed by atoms with Crippen LogP contribution in [0.1, 0.15) is 23.7 Å². The second-order valence-electron chi connectivity index (χ2n) is 7.07. The number of hydrogen-bond donors (Lipinski definition) is 1. The molecular weight excluding hydrogens is 342 g/mol. The van der Waals surface area contributed by atoms with E-state index in [4.69, 9.17) is 4.74 Å². The quantitative estimate of drug-likeness (QED) is 0.842. The van der Waals surface area contributed by atoms with Crippen LogP contribution in [0.15, 0.2) is 29.5 Å². The van der Waals surface area contributed by atoms with Crippen molar-refractivity contribution in [1.82, 2.24) is 15.3 Å². The molecule has 7 heteroatoms. The molecule has 140 valence electrons. The maximum Gasteiger partial charge on any atom is 0.265 e. The monoisotopic (exact) mass is 365 g/mol. The highest BCUT2D eigenvalue weighted by Crippen LogP contribution is 2.39. The number of benzene rings is 1. The number of nitrogens with one attached hydrogen (secondary N) is 1. The lowest BCUT2D eigenvalue weighted by molar-refractivity contribution is -0.118. The van der Waals surface area contributed by atoms with Crippen LogP contribution >= 0.6 is 0 Å². The molecule has 3 heterocycles. The first-order valence-electron chi connectivity index (χ1n) is 9.15. The maximum absolute atomic E-state index is 12.4. The van der Waals surface area contributed by atoms with E-state index in [1.54, 1.807) is 13.3 Å². The molecule has 0 aliphatic carbocycles. The fraction of sp³-hybridized carbons (Fsp3) is 0.400. The predicted octanol–water partition coefficient (Wildman–Crippen LogP) is 2.40. The number of aromatic nitrogens is 2. The van der Waals surface area contributed by atoms with Gasteiger partial charge in [0, 0.05) is 12.2 Å². The van der Waals surface area contributed by atoms with Crippen molar-refractivity contribution < 1.29 is 9.53 Å². The Morgan fingerprint density at radius 3 is 2.85 bits per heavy atom. The number of ether oxygens (including phenoxy) is 1. The first-order valence-corrected chi connectivity index (χ1v) is 9.15. The Morgan fingerprint density at radius 2 is 2.11 bits per heavy atom. The average molecular weight is 365 g/mol. The van der Waals surface area contributed by atoms with Gasteiger partial charge in [0.25, 0.3) is 5.91 Å². The zero-order chi connectivity index (χ0) is 19.0. The Balaban J connectivity index is 1.67. The largest absolute Gasteiger partial charge is 0.377 e. The standard InChI is InChI=1S/C20H23N5O2/c1-12-4-5-17-15(8-12)6-7-25(17)19-18(13(2)21-11-22-19)23-14(3)20(26)24-16-9-27-10-16/h4-5,8,11,16H,6-7,9-10H2,1-3H3,(H,24,26)/b23-14+. The first-order chi connectivity index (χ1) is 13.0. The summed E-state index contributed by atoms with van der Waals surface area (Å²) in [5.41, 5.74) is 5.48. The molecular formula is C20H23N5O2. The summed E-state index contributed by atoms with van der Waals surface area (Å²) in [6, 6.07) is 6.52. The molecule has 1 amide bonds. The SMILES string of the molecule is C/C(=N\c1c(C)ncnc1N1CCc2cc(C)ccc21)C(=O)NC1COC1. The number of carbonyl (C=O) groups is 1. The summed E-state index contributed by atoms with van der Waals surface area (Å²) in [4.78, 5) is 27.9. The van der Waals surface area contributed by atoms with Crippen LogP contribution in [0.2, 0.25) is 0 Å². The van der Waals surface area contributed by atoms with Crippen LogP contribution in [-0.4, -0.2) is 47.4 Å². The molecule has 7 nitrogen and oxygen atoms in total. The molecule has 0 radical (unpaired) electrons. The molecule has 0 unspecified atom stereocenters. The minimum Gasteiger partial charge on any atom is -0.377 e. The summed E-state index contributed by atoms with van der Waals surface area (Å²) < 4.78 is 5.10. The van der Waals surface area contributed by atoms with Crippen LogP contribution in [0, 0.1) is 13.8 Å². The van der Waals surface area contributed by atoms with Crippen molar-refractivity contribution in [3.05, 3.63) is 41.3 Å². The van der Waals surface area contributed by atoms with Gasteiger partial charge in [-0.05, 0) is 38.8 Å². The van der Waals surface area contributed by atoms with E-state index in [1.807, 2.05) is 6.92 Å². The van der Waals surface area contributed by atoms with Gasteiger partial charge >= 0.3 is 0 Å². The number of hydrogen-bond acceptors (Lipinski definition) is 6. The minimum absolute atomic E-state index is 0.0731. The van der Waals surface area contributed by atoms with E-state index >= 15 is 0 Å². The van der Waals surface area contributed by atoms with Gasteiger partial charge in [0.15, 0.2) is 5.82 Å². The molecule has 1 N–H and O–H groups in total. The molecule has 2 aromatic rings. The second-order valence-corrected chi connectivity index (χ2v) is 7.07. The fourth-order valence-corrected chi connectivity index (χ4v) is 3.36. The molecule has 0 saturated carbocycles. The lowest BCUT2D eigenvalue weighted by Gasteiger charge is -2.26. The highest BCUT2D eigenvalue weighted by Gasteiger charge is 2.26. The van der Waals surface area contributed by atoms with E-state index in [0.29, 0.717) is 24.6 Å². The van der Waals surface area contributed by atoms with Gasteiger partial charge in [-0.1, -0.05) is 17.7 Å². The highest BCUT2D eigenvalue weighted by atomic mass is 16.5. The van der Waals surface area contributed by atoms with Crippen molar-refractivity contribution in [2.24, 2.45) is 4.99 Å². The van der Waals surface area contributed by atoms with E-state index in [2.05, 4.69) is 50.3 Å². The third-order valence-corrected chi connectivity index (χ3v) is 4.95. The van der Waals surface area contributed by atoms with Crippen LogP contribution in [0.5, 0.6) is 0 Å². The number of anilines is 2. The molecule has 4 rings (SSSR count). The normalized spacial score (nSPS) is 16.9. The van der Waals surface area contributed by atoms with Gasteiger partial charge in [-0.15, -0.1) is 0 Å². The van der Waals surface area contributed by atoms with Gasteiger partial charge in [-0.2, -0.15) is 0 Å². The predicted molar refractivity (Wildman–Crippen MR) is 104 cm³/mol. The van der Waals surface area contributed by atoms with Crippen molar-refractivity contribution in [3.8, 4) is 0 Å². The lowest BCUT2D eigenvalue weighted by Crippen LogP contribution is -2.50. The maximum atomic E-state index is 12.4. The Hall–Kier alpha value is -2.80. The van der Waals surface area contributed by atoms with Crippen molar-refractivity contribution in [3.63, 3.8) is 0 Å². The molecule has 1 aromatic carbocycles. The molecule has 0 atom stereocenters. The van der Waals surface area contributed by atoms with Crippen molar-refractivity contribution in [1.29, 1.82) is 0 Å². The lowest BCUT2D eigenvalue weighted by atomic mass is 10.1. The second kappa shape index (κ2) is 7.08. The van der Waals surface area contributed by atoms with Crippen molar-refractivity contribution in [2.75, 3.05) is 24.7 Å². The minimum atomic E-state index is -0.185. The van der Waals surface area contributed by atoms with Crippen molar-refractivity contribution in [2.45, 2.75) is 33.2 Å². The molecule has 1 aromatic heterocycles. The van der Waals surface area contributed by atoms with Crippen LogP contribution < -0.4 is 10.2 Å². The summed E-state index contributed by atoms with van der Waals surface area (Å²) in [6.45, 7) is 7.65. The summed E-state index contributed by atoms with van der Waals surface area (Å²) in [5.74, 6) is 0.555. The van der Waals surface area contributed by atoms with Crippen LogP contribution in [0.3, 0.4) is 0 Å². The summed E-state index contributed by atoms with van der Waals surface area (Å²) in [7, 11) is 0. The third kappa shape index (κ3) is 3.42. The van der Waals surface area contributed by atoms with Gasteiger partial charge in [-0.25, -0.2) is 15.0 Å². The topological polar surface area (TPSA) is 79.7 Å². The van der Waals surface area contributed by atoms with E-state index in [1.165, 1.54) is 11.1 Å². The Morgan fingerprint density at radius 1 is 1.30 bits per heavy atom. The number of carbonyl (C=O) groups excluding carboxylic acids is 1. The molecule has 1 saturated heterocycles. The zero-order valence-electron chi connectivity index (χ0n) is 15.8. The first kappa shape index (κ1) is 17.6. The van der Waals surface area contributed by atoms with E-state index < -0.39 is 0 Å². The number of fused-ring (bicyclic) bond motifs is 1. The van der Waals surface area contributed by atoms with E-state index in [9.17, 15) is 4.79 Å². The Kier molecular flexibility index (Phi) is 4.61. The summed E-state index contributed by atoms with van der Waals surface area (Å²) in [5, 5.41) is 2.92. The smallest absolute Gasteiger partial charge is 0.265 e. The number of aliphatic imine (C=N–C) groups is 1. The van der Waals surface area contributed by atoms with Gasteiger partial charge in [0.05, 0.1) is 24.9 Å². The number of amides is 1. The Bertz CT molecular complexity index is 921. The van der Waals surface area contributed by atoms with Crippen LogP contribution in [-0.2, 0) is 16.0 Å². The van der Waals surface area contributed by atoms with Gasteiger partial charge in [0.1, 0.15) is 17.7 Å². The van der Waals surface area contributed by atoms with Crippen LogP contribution in [0.4, 0.5) is 17.2 Å². The number of aryl methyl sites for hydroxylation is 2. The number of nitrogens with zero attached hydrogens (tertiary/aromatic N) is 4. The van der Waals surface area contributed by atoms with E-state index in [0.717, 1.165) is 30.2 Å². The van der Waals surface area contributed by atoms with Crippen LogP contribution in [0.25, 0.3) is 0 Å². The summed E-state index contributed by atoms with van der Waals surface area (Å²) in [6.07, 6.45) is 2.52. The molecule has 0 bridgehead atoms. The van der Waals surface area contributed by atoms with Gasteiger partial charge in [-0.3, -0.25) is 4.79 Å². The third-order valence-electron chi connectivity index (χ3n) is 4.95. The van der Waals surface area contributed by atoms with Crippen molar-refractivity contribution >= 4 is 28.8 Å². The molecule has 1 fully saturated rings. The average Bonchev–Trinajstić information content (AvgIpc) is 3.02. The fourth-order valence-electron chi connectivity index (χ4n) is 3.36. The molecule has 2 aliphatic heterocycles. The Labute approximate surface area is 158 Å². The summed E-state index contributed by atoms with van der Waals surface area (Å²) >= 11 is 0. The molecule has 2 aliphatic rings. The van der Waals surface area contributed by atoms with E-state index in [-0.39, 0.29) is 11.9 Å². The zero-order valence-corrected chi connectivity index (χ0v) is 15.8. The van der Waals surface area contributed by atoms with Gasteiger partial charge < -0.3 is 15.0 Å².